The molecule has 0 saturated heterocycles. The first kappa shape index (κ1) is 44.9. The summed E-state index contributed by atoms with van der Waals surface area (Å²) in [5.41, 5.74) is 14.8. The van der Waals surface area contributed by atoms with Crippen LogP contribution in [0, 0.1) is 13.8 Å². The lowest BCUT2D eigenvalue weighted by molar-refractivity contribution is 1.02. The van der Waals surface area contributed by atoms with E-state index in [1.54, 1.807) is 0 Å². The minimum Gasteiger partial charge on any atom is -0.309 e. The number of para-hydroxylation sites is 1. The Morgan fingerprint density at radius 1 is 0.364 bits per heavy atom. The van der Waals surface area contributed by atoms with Gasteiger partial charge in [-0.3, -0.25) is 0 Å². The Hall–Kier alpha value is -9.55. The molecule has 0 fully saturated rings. The van der Waals surface area contributed by atoms with Crippen molar-refractivity contribution in [2.75, 3.05) is 0 Å². The second kappa shape index (κ2) is 17.8. The summed E-state index contributed by atoms with van der Waals surface area (Å²) in [5, 5.41) is 13.9. The Labute approximate surface area is 447 Å². The van der Waals surface area contributed by atoms with Crippen molar-refractivity contribution in [3.05, 3.63) is 289 Å². The molecule has 362 valence electrons. The molecule has 0 amide bonds. The predicted molar refractivity (Wildman–Crippen MR) is 324 cm³/mol. The molecular formula is C72H50N4Si. The first-order chi connectivity index (χ1) is 38.0. The van der Waals surface area contributed by atoms with Gasteiger partial charge >= 0.3 is 0 Å². The normalized spacial score (nSPS) is 12.5. The van der Waals surface area contributed by atoms with Crippen LogP contribution in [-0.4, -0.2) is 27.6 Å². The quantitative estimate of drug-likeness (QED) is 0.118. The number of fused-ring (bicyclic) bond motifs is 17. The lowest BCUT2D eigenvalue weighted by Crippen LogP contribution is -2.74. The molecule has 0 unspecified atom stereocenters. The van der Waals surface area contributed by atoms with E-state index in [9.17, 15) is 0 Å². The van der Waals surface area contributed by atoms with Crippen molar-refractivity contribution >= 4 is 94.2 Å². The van der Waals surface area contributed by atoms with Gasteiger partial charge in [-0.2, -0.15) is 0 Å². The van der Waals surface area contributed by atoms with Crippen molar-refractivity contribution < 1.29 is 0 Å². The lowest BCUT2D eigenvalue weighted by atomic mass is 9.88. The lowest BCUT2D eigenvalue weighted by Gasteiger charge is -2.34. The highest BCUT2D eigenvalue weighted by molar-refractivity contribution is 7.19. The van der Waals surface area contributed by atoms with Gasteiger partial charge < -0.3 is 4.57 Å². The van der Waals surface area contributed by atoms with E-state index in [1.807, 2.05) is 0 Å². The van der Waals surface area contributed by atoms with Crippen molar-refractivity contribution in [1.29, 1.82) is 0 Å². The molecule has 4 nitrogen and oxygen atoms in total. The summed E-state index contributed by atoms with van der Waals surface area (Å²) in [6.07, 6.45) is 0. The molecule has 3 heterocycles. The van der Waals surface area contributed by atoms with Crippen LogP contribution in [-0.2, 0) is 0 Å². The number of rotatable bonds is 7. The predicted octanol–water partition coefficient (Wildman–Crippen LogP) is 15.0. The highest BCUT2D eigenvalue weighted by Gasteiger charge is 2.41. The van der Waals surface area contributed by atoms with Crippen LogP contribution in [0.15, 0.2) is 261 Å². The third-order valence-electron chi connectivity index (χ3n) is 16.3. The zero-order valence-corrected chi connectivity index (χ0v) is 43.7. The molecule has 0 N–H and O–H groups in total. The summed E-state index contributed by atoms with van der Waals surface area (Å²) in [4.78, 5) is 16.3. The fourth-order valence-electron chi connectivity index (χ4n) is 12.9. The molecule has 15 rings (SSSR count). The van der Waals surface area contributed by atoms with Crippen molar-refractivity contribution in [1.82, 2.24) is 19.5 Å². The van der Waals surface area contributed by atoms with Gasteiger partial charge in [-0.1, -0.05) is 236 Å². The fourth-order valence-corrected chi connectivity index (χ4v) is 17.7. The molecule has 0 saturated carbocycles. The molecule has 1 aliphatic carbocycles. The molecule has 0 radical (unpaired) electrons. The molecule has 11 aromatic carbocycles. The molecule has 14 aromatic rings. The molecule has 0 aliphatic heterocycles. The Kier molecular flexibility index (Phi) is 10.4. The van der Waals surface area contributed by atoms with Crippen LogP contribution < -0.4 is 20.7 Å². The number of hydrogen-bond acceptors (Lipinski definition) is 3. The van der Waals surface area contributed by atoms with Crippen molar-refractivity contribution in [2.24, 2.45) is 0 Å². The van der Waals surface area contributed by atoms with E-state index in [0.717, 1.165) is 54.6 Å². The third-order valence-corrected chi connectivity index (χ3v) is 21.1. The van der Waals surface area contributed by atoms with E-state index in [4.69, 9.17) is 15.0 Å². The minimum absolute atomic E-state index is 0.107. The standard InChI is InChI=1S/C72H50N4Si/c1-46-31-38-58-62(41-46)63-42-47(2)32-39-59(63)68(58)49-35-40-67-64(43-49)66-45-50-44-65(69(66)76(67)51-19-7-3-8-20-51)57-28-16-18-30-61(57)72-74-70(73-71(75-72)60-29-17-15-27-56(50)60)48-33-36-55(37-34-48)77(52-21-9-4-10-22-52,53-23-11-5-12-24-53)54-25-13-6-14-26-54/h3-45,68H,1-2H3. The van der Waals surface area contributed by atoms with Crippen LogP contribution in [0.4, 0.5) is 0 Å². The third kappa shape index (κ3) is 7.08. The Bertz CT molecular complexity index is 4540. The van der Waals surface area contributed by atoms with E-state index >= 15 is 0 Å². The first-order valence-electron chi connectivity index (χ1n) is 26.6. The number of aryl methyl sites for hydroxylation is 2. The van der Waals surface area contributed by atoms with Gasteiger partial charge in [-0.25, -0.2) is 15.0 Å². The van der Waals surface area contributed by atoms with Gasteiger partial charge in [0.25, 0.3) is 0 Å². The van der Waals surface area contributed by atoms with Crippen molar-refractivity contribution in [3.8, 4) is 28.2 Å². The Balaban J connectivity index is 0.995. The molecule has 5 heteroatoms. The molecule has 3 aromatic heterocycles. The molecule has 77 heavy (non-hydrogen) atoms. The number of hydrogen-bond donors (Lipinski definition) is 0. The second-order valence-corrected chi connectivity index (χ2v) is 24.6. The average Bonchev–Trinajstić information content (AvgIpc) is 4.00. The summed E-state index contributed by atoms with van der Waals surface area (Å²) in [5.74, 6) is 0.739. The van der Waals surface area contributed by atoms with Gasteiger partial charge in [0.05, 0.1) is 11.0 Å². The second-order valence-electron chi connectivity index (χ2n) is 20.8. The van der Waals surface area contributed by atoms with E-state index in [0.29, 0.717) is 17.1 Å². The SMILES string of the molecule is Cc1ccc2c(c1)-c1cc(C)ccc1C2c1ccc2c(c1)c1cc3cc(c4ccccc4c4nc(-c5ccc([Si](c6ccccc6)(c6ccccc6)c6ccccc6)cc5)nc(n4)c4ccccc34)c1n2-c1ccccc1. The van der Waals surface area contributed by atoms with E-state index in [-0.39, 0.29) is 5.92 Å². The van der Waals surface area contributed by atoms with Crippen LogP contribution in [0.3, 0.4) is 0 Å². The summed E-state index contributed by atoms with van der Waals surface area (Å²) in [7, 11) is -2.76. The molecule has 1 aliphatic rings. The zero-order valence-electron chi connectivity index (χ0n) is 42.7. The number of aromatic nitrogens is 4. The van der Waals surface area contributed by atoms with Gasteiger partial charge in [0.2, 0.25) is 0 Å². The topological polar surface area (TPSA) is 43.6 Å². The van der Waals surface area contributed by atoms with Crippen LogP contribution in [0.2, 0.25) is 0 Å². The van der Waals surface area contributed by atoms with Gasteiger partial charge in [0.1, 0.15) is 0 Å². The highest BCUT2D eigenvalue weighted by atomic mass is 28.3. The van der Waals surface area contributed by atoms with Crippen LogP contribution in [0.1, 0.15) is 33.7 Å². The van der Waals surface area contributed by atoms with Gasteiger partial charge in [0, 0.05) is 44.1 Å². The van der Waals surface area contributed by atoms with Gasteiger partial charge in [-0.05, 0) is 115 Å². The van der Waals surface area contributed by atoms with Crippen LogP contribution in [0.5, 0.6) is 0 Å². The zero-order chi connectivity index (χ0) is 51.2. The smallest absolute Gasteiger partial charge is 0.179 e. The maximum atomic E-state index is 5.46. The molecular weight excluding hydrogens is 949 g/mol. The van der Waals surface area contributed by atoms with Crippen molar-refractivity contribution in [3.63, 3.8) is 0 Å². The molecule has 0 atom stereocenters. The summed E-state index contributed by atoms with van der Waals surface area (Å²) in [6, 6.07) is 96.4. The number of nitrogens with zero attached hydrogens (tertiary/aromatic N) is 4. The summed E-state index contributed by atoms with van der Waals surface area (Å²) in [6.45, 7) is 4.40. The minimum atomic E-state index is -2.76. The Morgan fingerprint density at radius 2 is 0.831 bits per heavy atom. The highest BCUT2D eigenvalue weighted by Crippen LogP contribution is 2.50. The van der Waals surface area contributed by atoms with E-state index in [2.05, 4.69) is 279 Å². The number of benzene rings is 11. The average molecular weight is 999 g/mol. The van der Waals surface area contributed by atoms with Gasteiger partial charge in [-0.15, -0.1) is 0 Å². The first-order valence-corrected chi connectivity index (χ1v) is 28.6. The van der Waals surface area contributed by atoms with Gasteiger partial charge in [0.15, 0.2) is 25.2 Å². The molecule has 0 spiro atoms. The van der Waals surface area contributed by atoms with E-state index in [1.165, 1.54) is 70.5 Å². The van der Waals surface area contributed by atoms with Crippen molar-refractivity contribution in [2.45, 2.75) is 19.8 Å². The maximum Gasteiger partial charge on any atom is 0.179 e. The van der Waals surface area contributed by atoms with Crippen LogP contribution >= 0.6 is 0 Å². The largest absolute Gasteiger partial charge is 0.309 e. The summed E-state index contributed by atoms with van der Waals surface area (Å²) < 4.78 is 2.47. The maximum absolute atomic E-state index is 5.46. The fraction of sp³-hybridized carbons (Fsp3) is 0.0417. The summed E-state index contributed by atoms with van der Waals surface area (Å²) >= 11 is 0. The monoisotopic (exact) mass is 998 g/mol. The molecule has 4 bridgehead atoms. The Morgan fingerprint density at radius 3 is 1.39 bits per heavy atom. The van der Waals surface area contributed by atoms with Crippen LogP contribution in [0.25, 0.3) is 93.6 Å². The van der Waals surface area contributed by atoms with E-state index < -0.39 is 8.07 Å².